The lowest BCUT2D eigenvalue weighted by molar-refractivity contribution is -0.143. The van der Waals surface area contributed by atoms with E-state index in [-0.39, 0.29) is 24.8 Å². The molecule has 0 radical (unpaired) electrons. The maximum absolute atomic E-state index is 12.0. The van der Waals surface area contributed by atoms with Gasteiger partial charge in [-0.1, -0.05) is 0 Å². The van der Waals surface area contributed by atoms with E-state index in [9.17, 15) is 9.59 Å². The Labute approximate surface area is 105 Å². The lowest BCUT2D eigenvalue weighted by Crippen LogP contribution is -2.51. The normalized spacial score (nSPS) is 32.1. The number of nitrogens with one attached hydrogen (secondary N) is 1. The van der Waals surface area contributed by atoms with Crippen LogP contribution in [0.2, 0.25) is 0 Å². The van der Waals surface area contributed by atoms with Gasteiger partial charge >= 0.3 is 12.0 Å². The number of hydrogen-bond donors (Lipinski definition) is 2. The Morgan fingerprint density at radius 2 is 1.89 bits per heavy atom. The van der Waals surface area contributed by atoms with Crippen LogP contribution in [0.5, 0.6) is 0 Å². The zero-order chi connectivity index (χ0) is 12.8. The van der Waals surface area contributed by atoms with Gasteiger partial charge in [0.2, 0.25) is 0 Å². The van der Waals surface area contributed by atoms with Crippen molar-refractivity contribution in [1.29, 1.82) is 0 Å². The van der Waals surface area contributed by atoms with E-state index in [1.807, 2.05) is 0 Å². The molecule has 2 unspecified atom stereocenters. The van der Waals surface area contributed by atoms with Crippen molar-refractivity contribution in [3.05, 3.63) is 0 Å². The van der Waals surface area contributed by atoms with Crippen molar-refractivity contribution >= 4 is 12.0 Å². The van der Waals surface area contributed by atoms with Gasteiger partial charge < -0.3 is 20.1 Å². The topological polar surface area (TPSA) is 78.9 Å². The molecule has 3 fully saturated rings. The van der Waals surface area contributed by atoms with Crippen LogP contribution < -0.4 is 5.32 Å². The van der Waals surface area contributed by atoms with Crippen LogP contribution in [-0.2, 0) is 9.53 Å². The van der Waals surface area contributed by atoms with Crippen LogP contribution in [-0.4, -0.2) is 53.8 Å². The summed E-state index contributed by atoms with van der Waals surface area (Å²) < 4.78 is 5.66. The maximum atomic E-state index is 12.0. The van der Waals surface area contributed by atoms with Crippen molar-refractivity contribution in [2.24, 2.45) is 5.41 Å². The van der Waals surface area contributed by atoms with Gasteiger partial charge in [0.15, 0.2) is 0 Å². The number of fused-ring (bicyclic) bond motifs is 2. The highest BCUT2D eigenvalue weighted by molar-refractivity contribution is 5.80. The number of urea groups is 1. The van der Waals surface area contributed by atoms with Crippen molar-refractivity contribution in [2.45, 2.75) is 37.9 Å². The van der Waals surface area contributed by atoms with Gasteiger partial charge in [-0.2, -0.15) is 0 Å². The van der Waals surface area contributed by atoms with Gasteiger partial charge in [-0.05, 0) is 25.7 Å². The Bertz CT molecular complexity index is 368. The predicted octanol–water partition coefficient (Wildman–Crippen LogP) is 0.424. The van der Waals surface area contributed by atoms with Crippen molar-refractivity contribution < 1.29 is 19.4 Å². The van der Waals surface area contributed by atoms with Gasteiger partial charge in [-0.3, -0.25) is 4.79 Å². The Balaban J connectivity index is 1.51. The second-order valence-electron chi connectivity index (χ2n) is 5.61. The van der Waals surface area contributed by atoms with Crippen molar-refractivity contribution in [3.8, 4) is 0 Å². The van der Waals surface area contributed by atoms with Crippen LogP contribution in [0.15, 0.2) is 0 Å². The van der Waals surface area contributed by atoms with Gasteiger partial charge in [-0.15, -0.1) is 0 Å². The fourth-order valence-electron chi connectivity index (χ4n) is 2.75. The minimum absolute atomic E-state index is 0.150. The Morgan fingerprint density at radius 1 is 1.28 bits per heavy atom. The second kappa shape index (κ2) is 4.12. The molecule has 2 amide bonds. The van der Waals surface area contributed by atoms with Crippen LogP contribution in [0.3, 0.4) is 0 Å². The Morgan fingerprint density at radius 3 is 2.39 bits per heavy atom. The van der Waals surface area contributed by atoms with Gasteiger partial charge in [0, 0.05) is 19.6 Å². The van der Waals surface area contributed by atoms with E-state index in [2.05, 4.69) is 5.32 Å². The summed E-state index contributed by atoms with van der Waals surface area (Å²) in [6.07, 6.45) is 3.71. The summed E-state index contributed by atoms with van der Waals surface area (Å²) in [7, 11) is 0. The summed E-state index contributed by atoms with van der Waals surface area (Å²) in [6, 6.07) is -0.150. The maximum Gasteiger partial charge on any atom is 0.317 e. The molecule has 1 saturated carbocycles. The molecular formula is C12H18N2O4. The number of nitrogens with zero attached hydrogens (tertiary/aromatic N) is 1. The second-order valence-corrected chi connectivity index (χ2v) is 5.61. The van der Waals surface area contributed by atoms with Crippen LogP contribution in [0.1, 0.15) is 25.7 Å². The molecule has 6 nitrogen and oxygen atoms in total. The number of morpholine rings is 1. The highest BCUT2D eigenvalue weighted by Crippen LogP contribution is 2.45. The predicted molar refractivity (Wildman–Crippen MR) is 62.2 cm³/mol. The minimum Gasteiger partial charge on any atom is -0.481 e. The molecule has 2 N–H and O–H groups in total. The lowest BCUT2D eigenvalue weighted by atomic mass is 10.1. The van der Waals surface area contributed by atoms with Crippen LogP contribution >= 0.6 is 0 Å². The van der Waals surface area contributed by atoms with Crippen LogP contribution in [0.25, 0.3) is 0 Å². The Kier molecular flexibility index (Phi) is 2.69. The zero-order valence-electron chi connectivity index (χ0n) is 10.2. The monoisotopic (exact) mass is 254 g/mol. The SMILES string of the molecule is O=C(NCC1(C(=O)O)CC1)N1CC2CCC(C1)O2. The average Bonchev–Trinajstić information content (AvgIpc) is 3.08. The minimum atomic E-state index is -0.801. The summed E-state index contributed by atoms with van der Waals surface area (Å²) >= 11 is 0. The quantitative estimate of drug-likeness (QED) is 0.765. The molecule has 1 aliphatic carbocycles. The first kappa shape index (κ1) is 11.8. The number of carbonyl (C=O) groups is 2. The van der Waals surface area contributed by atoms with Gasteiger partial charge in [-0.25, -0.2) is 4.79 Å². The van der Waals surface area contributed by atoms with Gasteiger partial charge in [0.05, 0.1) is 17.6 Å². The summed E-state index contributed by atoms with van der Waals surface area (Å²) in [5.74, 6) is -0.801. The smallest absolute Gasteiger partial charge is 0.317 e. The highest BCUT2D eigenvalue weighted by Gasteiger charge is 2.50. The molecule has 3 rings (SSSR count). The molecule has 0 aromatic rings. The zero-order valence-corrected chi connectivity index (χ0v) is 10.2. The molecule has 0 aromatic heterocycles. The molecule has 2 atom stereocenters. The van der Waals surface area contributed by atoms with E-state index in [1.165, 1.54) is 0 Å². The first-order chi connectivity index (χ1) is 8.59. The number of rotatable bonds is 3. The number of carboxylic acid groups (broad SMARTS) is 1. The fourth-order valence-corrected chi connectivity index (χ4v) is 2.75. The van der Waals surface area contributed by atoms with Gasteiger partial charge in [0.25, 0.3) is 0 Å². The number of aliphatic carboxylic acids is 1. The summed E-state index contributed by atoms with van der Waals surface area (Å²) in [5, 5.41) is 11.8. The van der Waals surface area contributed by atoms with E-state index in [1.54, 1.807) is 4.90 Å². The van der Waals surface area contributed by atoms with E-state index in [0.717, 1.165) is 12.8 Å². The summed E-state index contributed by atoms with van der Waals surface area (Å²) in [5.41, 5.74) is -0.694. The third-order valence-corrected chi connectivity index (χ3v) is 4.22. The molecular weight excluding hydrogens is 236 g/mol. The summed E-state index contributed by atoms with van der Waals surface area (Å²) in [6.45, 7) is 1.50. The van der Waals surface area contributed by atoms with E-state index >= 15 is 0 Å². The molecule has 100 valence electrons. The Hall–Kier alpha value is -1.30. The number of hydrogen-bond acceptors (Lipinski definition) is 3. The lowest BCUT2D eigenvalue weighted by Gasteiger charge is -2.32. The van der Waals surface area contributed by atoms with E-state index in [4.69, 9.17) is 9.84 Å². The van der Waals surface area contributed by atoms with E-state index in [0.29, 0.717) is 25.9 Å². The van der Waals surface area contributed by atoms with Gasteiger partial charge in [0.1, 0.15) is 0 Å². The number of carbonyl (C=O) groups excluding carboxylic acids is 1. The van der Waals surface area contributed by atoms with Crippen LogP contribution in [0, 0.1) is 5.41 Å². The standard InChI is InChI=1S/C12H18N2O4/c15-10(16)12(3-4-12)7-13-11(17)14-5-8-1-2-9(6-14)18-8/h8-9H,1-7H2,(H,13,17)(H,15,16). The van der Waals surface area contributed by atoms with Crippen LogP contribution in [0.4, 0.5) is 4.79 Å². The first-order valence-corrected chi connectivity index (χ1v) is 6.51. The van der Waals surface area contributed by atoms with Crippen molar-refractivity contribution in [3.63, 3.8) is 0 Å². The average molecular weight is 254 g/mol. The number of carboxylic acids is 1. The molecule has 0 spiro atoms. The fraction of sp³-hybridized carbons (Fsp3) is 0.833. The molecule has 0 aromatic carbocycles. The highest BCUT2D eigenvalue weighted by atomic mass is 16.5. The molecule has 2 saturated heterocycles. The molecule has 2 heterocycles. The largest absolute Gasteiger partial charge is 0.481 e. The molecule has 18 heavy (non-hydrogen) atoms. The van der Waals surface area contributed by atoms with E-state index < -0.39 is 11.4 Å². The molecule has 6 heteroatoms. The molecule has 3 aliphatic rings. The number of amides is 2. The third-order valence-electron chi connectivity index (χ3n) is 4.22. The summed E-state index contributed by atoms with van der Waals surface area (Å²) in [4.78, 5) is 24.7. The molecule has 2 aliphatic heterocycles. The molecule has 2 bridgehead atoms. The van der Waals surface area contributed by atoms with Crippen molar-refractivity contribution in [1.82, 2.24) is 10.2 Å². The first-order valence-electron chi connectivity index (χ1n) is 6.51. The third kappa shape index (κ3) is 2.05. The number of likely N-dealkylation sites (tertiary alicyclic amines) is 1. The number of ether oxygens (including phenoxy) is 1. The van der Waals surface area contributed by atoms with Crippen molar-refractivity contribution in [2.75, 3.05) is 19.6 Å².